The Kier molecular flexibility index (Phi) is 10.3. The van der Waals surface area contributed by atoms with Crippen molar-refractivity contribution in [3.63, 3.8) is 0 Å². The summed E-state index contributed by atoms with van der Waals surface area (Å²) in [5, 5.41) is 2.81. The van der Waals surface area contributed by atoms with Crippen LogP contribution in [-0.2, 0) is 20.9 Å². The highest BCUT2D eigenvalue weighted by atomic mass is 35.5. The van der Waals surface area contributed by atoms with E-state index < -0.39 is 0 Å². The molecule has 7 heteroatoms. The van der Waals surface area contributed by atoms with Gasteiger partial charge < -0.3 is 20.7 Å². The molecule has 0 aliphatic carbocycles. The minimum absolute atomic E-state index is 0. The minimum atomic E-state index is -0.274. The number of nitrogens with one attached hydrogen (secondary N) is 1. The smallest absolute Gasteiger partial charge is 0.227 e. The average molecular weight is 358 g/mol. The van der Waals surface area contributed by atoms with Gasteiger partial charge in [0.05, 0.1) is 12.5 Å². The molecular weight excluding hydrogens is 330 g/mol. The highest BCUT2D eigenvalue weighted by molar-refractivity contribution is 5.91. The fourth-order valence-electron chi connectivity index (χ4n) is 2.23. The maximum atomic E-state index is 11.9. The summed E-state index contributed by atoms with van der Waals surface area (Å²) in [7, 11) is 1.54. The van der Waals surface area contributed by atoms with Crippen molar-refractivity contribution in [2.75, 3.05) is 19.0 Å². The van der Waals surface area contributed by atoms with Crippen molar-refractivity contribution in [1.29, 1.82) is 0 Å². The van der Waals surface area contributed by atoms with E-state index in [2.05, 4.69) is 5.32 Å². The van der Waals surface area contributed by atoms with E-state index >= 15 is 0 Å². The van der Waals surface area contributed by atoms with Gasteiger partial charge in [0.25, 0.3) is 0 Å². The van der Waals surface area contributed by atoms with E-state index in [1.807, 2.05) is 38.1 Å². The van der Waals surface area contributed by atoms with E-state index in [0.29, 0.717) is 18.8 Å². The summed E-state index contributed by atoms with van der Waals surface area (Å²) in [5.41, 5.74) is 7.23. The first-order valence-electron chi connectivity index (χ1n) is 7.76. The van der Waals surface area contributed by atoms with Crippen LogP contribution in [0.15, 0.2) is 24.3 Å². The standard InChI is InChI=1S/C17H27N3O3.ClH/c1-12(2)20(13(3)21)11-14-5-7-15(8-6-14)19-17(22)9-16(10-18)23-4;/h5-8,12,16H,9-11,18H2,1-4H3,(H,19,22);1H. The Bertz CT molecular complexity index is 516. The van der Waals surface area contributed by atoms with Crippen molar-refractivity contribution in [3.05, 3.63) is 29.8 Å². The van der Waals surface area contributed by atoms with Crippen LogP contribution in [0.1, 0.15) is 32.8 Å². The van der Waals surface area contributed by atoms with Crippen LogP contribution in [0.3, 0.4) is 0 Å². The molecule has 0 fully saturated rings. The van der Waals surface area contributed by atoms with E-state index in [1.54, 1.807) is 11.8 Å². The normalized spacial score (nSPS) is 11.6. The molecule has 0 heterocycles. The van der Waals surface area contributed by atoms with Gasteiger partial charge in [0.1, 0.15) is 0 Å². The molecule has 0 radical (unpaired) electrons. The quantitative estimate of drug-likeness (QED) is 0.746. The number of hydrogen-bond donors (Lipinski definition) is 2. The maximum Gasteiger partial charge on any atom is 0.227 e. The SMILES string of the molecule is COC(CN)CC(=O)Nc1ccc(CN(C(C)=O)C(C)C)cc1.Cl. The number of hydrogen-bond acceptors (Lipinski definition) is 4. The lowest BCUT2D eigenvalue weighted by molar-refractivity contribution is -0.131. The van der Waals surface area contributed by atoms with Crippen molar-refractivity contribution in [2.45, 2.75) is 45.9 Å². The topological polar surface area (TPSA) is 84.7 Å². The number of nitrogens with two attached hydrogens (primary N) is 1. The molecule has 0 saturated heterocycles. The third-order valence-corrected chi connectivity index (χ3v) is 3.63. The molecule has 2 amide bonds. The Hall–Kier alpha value is -1.63. The molecule has 24 heavy (non-hydrogen) atoms. The molecule has 1 rings (SSSR count). The van der Waals surface area contributed by atoms with E-state index in [4.69, 9.17) is 10.5 Å². The molecule has 0 spiro atoms. The maximum absolute atomic E-state index is 11.9. The summed E-state index contributed by atoms with van der Waals surface area (Å²) in [4.78, 5) is 25.3. The largest absolute Gasteiger partial charge is 0.380 e. The summed E-state index contributed by atoms with van der Waals surface area (Å²) in [5.74, 6) is -0.0904. The molecule has 1 aromatic rings. The van der Waals surface area contributed by atoms with Gasteiger partial charge in [-0.2, -0.15) is 0 Å². The molecule has 3 N–H and O–H groups in total. The summed E-state index contributed by atoms with van der Waals surface area (Å²) >= 11 is 0. The fourth-order valence-corrected chi connectivity index (χ4v) is 2.23. The Balaban J connectivity index is 0.00000529. The molecule has 136 valence electrons. The zero-order valence-corrected chi connectivity index (χ0v) is 15.6. The van der Waals surface area contributed by atoms with Crippen molar-refractivity contribution in [2.24, 2.45) is 5.73 Å². The lowest BCUT2D eigenvalue weighted by atomic mass is 10.1. The van der Waals surface area contributed by atoms with Gasteiger partial charge >= 0.3 is 0 Å². The van der Waals surface area contributed by atoms with E-state index in [0.717, 1.165) is 5.56 Å². The summed E-state index contributed by atoms with van der Waals surface area (Å²) in [6.07, 6.45) is -0.0512. The van der Waals surface area contributed by atoms with Gasteiger partial charge in [0.2, 0.25) is 11.8 Å². The number of benzene rings is 1. The number of halogens is 1. The summed E-state index contributed by atoms with van der Waals surface area (Å²) < 4.78 is 5.09. The van der Waals surface area contributed by atoms with Gasteiger partial charge in [0.15, 0.2) is 0 Å². The van der Waals surface area contributed by atoms with Gasteiger partial charge in [-0.1, -0.05) is 12.1 Å². The zero-order valence-electron chi connectivity index (χ0n) is 14.7. The van der Waals surface area contributed by atoms with Crippen LogP contribution in [0.25, 0.3) is 0 Å². The monoisotopic (exact) mass is 357 g/mol. The van der Waals surface area contributed by atoms with Crippen LogP contribution in [0.2, 0.25) is 0 Å². The second-order valence-electron chi connectivity index (χ2n) is 5.78. The van der Waals surface area contributed by atoms with Crippen molar-refractivity contribution in [1.82, 2.24) is 4.90 Å². The predicted molar refractivity (Wildman–Crippen MR) is 98.1 cm³/mol. The highest BCUT2D eigenvalue weighted by Gasteiger charge is 2.14. The number of ether oxygens (including phenoxy) is 1. The number of nitrogens with zero attached hydrogens (tertiary/aromatic N) is 1. The Morgan fingerprint density at radius 3 is 2.25 bits per heavy atom. The molecular formula is C17H28ClN3O3. The third-order valence-electron chi connectivity index (χ3n) is 3.63. The number of carbonyl (C=O) groups is 2. The first kappa shape index (κ1) is 22.4. The Morgan fingerprint density at radius 2 is 1.83 bits per heavy atom. The fraction of sp³-hybridized carbons (Fsp3) is 0.529. The average Bonchev–Trinajstić information content (AvgIpc) is 2.51. The molecule has 0 bridgehead atoms. The van der Waals surface area contributed by atoms with E-state index in [-0.39, 0.29) is 42.8 Å². The predicted octanol–water partition coefficient (Wildman–Crippen LogP) is 2.17. The highest BCUT2D eigenvalue weighted by Crippen LogP contribution is 2.14. The lowest BCUT2D eigenvalue weighted by Gasteiger charge is -2.25. The van der Waals surface area contributed by atoms with E-state index in [9.17, 15) is 9.59 Å². The summed E-state index contributed by atoms with van der Waals surface area (Å²) in [6, 6.07) is 7.62. The van der Waals surface area contributed by atoms with Crippen molar-refractivity contribution < 1.29 is 14.3 Å². The number of carbonyl (C=O) groups excluding carboxylic acids is 2. The van der Waals surface area contributed by atoms with Crippen LogP contribution in [-0.4, -0.2) is 42.5 Å². The van der Waals surface area contributed by atoms with Gasteiger partial charge in [-0.05, 0) is 31.5 Å². The van der Waals surface area contributed by atoms with Gasteiger partial charge in [0, 0.05) is 38.9 Å². The van der Waals surface area contributed by atoms with Crippen LogP contribution in [0.5, 0.6) is 0 Å². The van der Waals surface area contributed by atoms with Crippen LogP contribution in [0, 0.1) is 0 Å². The molecule has 1 unspecified atom stereocenters. The molecule has 0 aliphatic rings. The van der Waals surface area contributed by atoms with Crippen molar-refractivity contribution in [3.8, 4) is 0 Å². The second kappa shape index (κ2) is 11.0. The third kappa shape index (κ3) is 7.29. The molecule has 0 saturated carbocycles. The van der Waals surface area contributed by atoms with Crippen LogP contribution < -0.4 is 11.1 Å². The summed E-state index contributed by atoms with van der Waals surface area (Å²) in [6.45, 7) is 6.40. The van der Waals surface area contributed by atoms with Crippen LogP contribution in [0.4, 0.5) is 5.69 Å². The lowest BCUT2D eigenvalue weighted by Crippen LogP contribution is -2.34. The minimum Gasteiger partial charge on any atom is -0.380 e. The number of methoxy groups -OCH3 is 1. The molecule has 6 nitrogen and oxygen atoms in total. The molecule has 0 aliphatic heterocycles. The van der Waals surface area contributed by atoms with Crippen molar-refractivity contribution >= 4 is 29.9 Å². The molecule has 1 aromatic carbocycles. The number of anilines is 1. The van der Waals surface area contributed by atoms with Gasteiger partial charge in [-0.15, -0.1) is 12.4 Å². The second-order valence-corrected chi connectivity index (χ2v) is 5.78. The van der Waals surface area contributed by atoms with Crippen LogP contribution >= 0.6 is 12.4 Å². The van der Waals surface area contributed by atoms with Gasteiger partial charge in [-0.25, -0.2) is 0 Å². The first-order valence-corrected chi connectivity index (χ1v) is 7.76. The Labute approximate surface area is 150 Å². The first-order chi connectivity index (χ1) is 10.9. The molecule has 0 aromatic heterocycles. The number of amides is 2. The molecule has 1 atom stereocenters. The number of rotatable bonds is 8. The zero-order chi connectivity index (χ0) is 17.4. The Morgan fingerprint density at radius 1 is 1.25 bits per heavy atom. The van der Waals surface area contributed by atoms with Gasteiger partial charge in [-0.3, -0.25) is 9.59 Å². The van der Waals surface area contributed by atoms with E-state index in [1.165, 1.54) is 7.11 Å².